The van der Waals surface area contributed by atoms with Gasteiger partial charge in [0.05, 0.1) is 0 Å². The summed E-state index contributed by atoms with van der Waals surface area (Å²) in [4.78, 5) is 3.52. The van der Waals surface area contributed by atoms with Crippen LogP contribution in [0.25, 0.3) is 0 Å². The van der Waals surface area contributed by atoms with E-state index < -0.39 is 13.4 Å². The van der Waals surface area contributed by atoms with Crippen LogP contribution in [0.15, 0.2) is 0 Å². The fourth-order valence-corrected chi connectivity index (χ4v) is 2.03. The second-order valence-corrected chi connectivity index (χ2v) is 4.26. The number of hydrogen-bond acceptors (Lipinski definition) is 2. The predicted molar refractivity (Wildman–Crippen MR) is 52.2 cm³/mol. The van der Waals surface area contributed by atoms with E-state index in [1.807, 2.05) is 19.0 Å². The van der Waals surface area contributed by atoms with Crippen molar-refractivity contribution in [3.05, 3.63) is 0 Å². The smallest absolute Gasteiger partial charge is 0.448 e. The average Bonchev–Trinajstić information content (AvgIpc) is 2.32. The van der Waals surface area contributed by atoms with Gasteiger partial charge in [0.2, 0.25) is 0 Å². The quantitative estimate of drug-likeness (QED) is 0.553. The van der Waals surface area contributed by atoms with Crippen LogP contribution in [0, 0.1) is 0 Å². The fourth-order valence-electron chi connectivity index (χ4n) is 2.03. The minimum atomic E-state index is -4.67. The van der Waals surface area contributed by atoms with Crippen LogP contribution in [0.1, 0.15) is 12.8 Å². The van der Waals surface area contributed by atoms with E-state index in [1.165, 1.54) is 0 Å². The molecule has 1 unspecified atom stereocenters. The zero-order valence-electron chi connectivity index (χ0n) is 9.72. The van der Waals surface area contributed by atoms with Gasteiger partial charge in [0.15, 0.2) is 0 Å². The first-order chi connectivity index (χ1) is 6.38. The molecule has 0 bridgehead atoms. The number of likely N-dealkylation sites (N-methyl/N-ethyl adjacent to an activating group) is 1. The minimum absolute atomic E-state index is 0. The van der Waals surface area contributed by atoms with Crippen molar-refractivity contribution in [2.75, 3.05) is 33.6 Å². The first-order valence-corrected chi connectivity index (χ1v) is 4.98. The first kappa shape index (κ1) is 16.4. The molecular formula is C8H17BF3KN2. The van der Waals surface area contributed by atoms with Crippen molar-refractivity contribution in [3.8, 4) is 0 Å². The van der Waals surface area contributed by atoms with Gasteiger partial charge >= 0.3 is 58.4 Å². The van der Waals surface area contributed by atoms with Gasteiger partial charge in [0.25, 0.3) is 0 Å². The molecule has 0 N–H and O–H groups in total. The summed E-state index contributed by atoms with van der Waals surface area (Å²) < 4.78 is 36.7. The van der Waals surface area contributed by atoms with E-state index in [2.05, 4.69) is 0 Å². The number of halogens is 3. The van der Waals surface area contributed by atoms with Crippen LogP contribution in [0.5, 0.6) is 0 Å². The van der Waals surface area contributed by atoms with Crippen molar-refractivity contribution < 1.29 is 64.3 Å². The molecule has 0 aromatic rings. The maximum atomic E-state index is 12.2. The van der Waals surface area contributed by atoms with Gasteiger partial charge in [0, 0.05) is 12.6 Å². The summed E-state index contributed by atoms with van der Waals surface area (Å²) in [7, 11) is 3.80. The molecule has 0 saturated carbocycles. The Balaban J connectivity index is 0.00000196. The average molecular weight is 248 g/mol. The topological polar surface area (TPSA) is 6.48 Å². The summed E-state index contributed by atoms with van der Waals surface area (Å²) in [5, 5.41) is 0. The normalized spacial score (nSPS) is 23.2. The Morgan fingerprint density at radius 3 is 2.40 bits per heavy atom. The van der Waals surface area contributed by atoms with Crippen molar-refractivity contribution in [3.63, 3.8) is 0 Å². The molecule has 0 spiro atoms. The van der Waals surface area contributed by atoms with Crippen molar-refractivity contribution in [2.45, 2.75) is 18.9 Å². The van der Waals surface area contributed by atoms with Gasteiger partial charge in [-0.25, -0.2) is 0 Å². The van der Waals surface area contributed by atoms with Crippen molar-refractivity contribution in [2.24, 2.45) is 0 Å². The Labute approximate surface area is 132 Å². The molecule has 1 heterocycles. The molecule has 7 heteroatoms. The van der Waals surface area contributed by atoms with Crippen LogP contribution < -0.4 is 51.4 Å². The third-order valence-electron chi connectivity index (χ3n) is 2.52. The molecule has 0 aromatic heterocycles. The third-order valence-corrected chi connectivity index (χ3v) is 2.52. The molecule has 0 aliphatic carbocycles. The Kier molecular flexibility index (Phi) is 7.64. The van der Waals surface area contributed by atoms with Crippen LogP contribution in [-0.4, -0.2) is 56.4 Å². The van der Waals surface area contributed by atoms with E-state index in [1.54, 1.807) is 4.90 Å². The van der Waals surface area contributed by atoms with Gasteiger partial charge < -0.3 is 22.7 Å². The van der Waals surface area contributed by atoms with Crippen LogP contribution in [0.2, 0.25) is 0 Å². The molecule has 0 aromatic carbocycles. The predicted octanol–water partition coefficient (Wildman–Crippen LogP) is -1.60. The number of rotatable bonds is 4. The Hall–Kier alpha value is 1.41. The van der Waals surface area contributed by atoms with Gasteiger partial charge in [-0.3, -0.25) is 0 Å². The van der Waals surface area contributed by atoms with E-state index >= 15 is 0 Å². The molecule has 1 saturated heterocycles. The molecule has 15 heavy (non-hydrogen) atoms. The summed E-state index contributed by atoms with van der Waals surface area (Å²) in [5.74, 6) is 0. The number of nitrogens with zero attached hydrogens (tertiary/aromatic N) is 2. The van der Waals surface area contributed by atoms with Crippen molar-refractivity contribution in [1.29, 1.82) is 0 Å². The van der Waals surface area contributed by atoms with Crippen LogP contribution >= 0.6 is 0 Å². The van der Waals surface area contributed by atoms with E-state index in [4.69, 9.17) is 0 Å². The van der Waals surface area contributed by atoms with Gasteiger partial charge in [-0.2, -0.15) is 0 Å². The monoisotopic (exact) mass is 248 g/mol. The minimum Gasteiger partial charge on any atom is -0.448 e. The van der Waals surface area contributed by atoms with Crippen molar-refractivity contribution >= 4 is 6.98 Å². The van der Waals surface area contributed by atoms with E-state index in [-0.39, 0.29) is 57.4 Å². The summed E-state index contributed by atoms with van der Waals surface area (Å²) in [5.41, 5.74) is 0. The molecular weight excluding hydrogens is 231 g/mol. The summed E-state index contributed by atoms with van der Waals surface area (Å²) in [6.45, 7) is -3.34. The molecule has 84 valence electrons. The van der Waals surface area contributed by atoms with E-state index in [9.17, 15) is 12.9 Å². The van der Waals surface area contributed by atoms with Crippen molar-refractivity contribution in [1.82, 2.24) is 9.80 Å². The van der Waals surface area contributed by atoms with E-state index in [0.717, 1.165) is 19.4 Å². The summed E-state index contributed by atoms with van der Waals surface area (Å²) >= 11 is 0. The first-order valence-electron chi connectivity index (χ1n) is 4.98. The van der Waals surface area contributed by atoms with Gasteiger partial charge in [-0.1, -0.05) is 0 Å². The molecule has 1 rings (SSSR count). The van der Waals surface area contributed by atoms with E-state index in [0.29, 0.717) is 6.54 Å². The summed E-state index contributed by atoms with van der Waals surface area (Å²) in [6.07, 6.45) is 1.09. The maximum absolute atomic E-state index is 12.2. The zero-order valence-corrected chi connectivity index (χ0v) is 12.8. The van der Waals surface area contributed by atoms with Gasteiger partial charge in [0.1, 0.15) is 0 Å². The van der Waals surface area contributed by atoms with Crippen LogP contribution in [0.3, 0.4) is 0 Å². The number of hydrogen-bond donors (Lipinski definition) is 0. The standard InChI is InChI=1S/C8H17BF3N2.K/c1-13(2)6-8-4-3-5-14(8)7-9(10,11)12;/h8H,3-7H2,1-2H3;/q-1;+1. The Bertz CT molecular complexity index is 189. The zero-order chi connectivity index (χ0) is 10.8. The van der Waals surface area contributed by atoms with Gasteiger partial charge in [-0.15, -0.1) is 0 Å². The Morgan fingerprint density at radius 1 is 1.33 bits per heavy atom. The Morgan fingerprint density at radius 2 is 1.93 bits per heavy atom. The second-order valence-electron chi connectivity index (χ2n) is 4.26. The molecule has 1 aliphatic rings. The molecule has 0 radical (unpaired) electrons. The largest absolute Gasteiger partial charge is 1.00 e. The second kappa shape index (κ2) is 6.98. The SMILES string of the molecule is CN(C)CC1CCCN1C[B-](F)(F)F.[K+]. The van der Waals surface area contributed by atoms with Gasteiger partial charge in [-0.05, 0) is 39.9 Å². The molecule has 1 fully saturated rings. The molecule has 1 aliphatic heterocycles. The fraction of sp³-hybridized carbons (Fsp3) is 1.00. The van der Waals surface area contributed by atoms with Crippen LogP contribution in [-0.2, 0) is 0 Å². The third kappa shape index (κ3) is 6.65. The molecule has 0 amide bonds. The number of likely N-dealkylation sites (tertiary alicyclic amines) is 1. The molecule has 2 nitrogen and oxygen atoms in total. The molecule has 1 atom stereocenters. The maximum Gasteiger partial charge on any atom is 1.00 e. The van der Waals surface area contributed by atoms with Crippen LogP contribution in [0.4, 0.5) is 12.9 Å². The summed E-state index contributed by atoms with van der Waals surface area (Å²) in [6, 6.07) is 0.0912.